The molecule has 0 unspecified atom stereocenters. The second kappa shape index (κ2) is 4.19. The molecule has 0 radical (unpaired) electrons. The standard InChI is InChI=1S/C10H5ClFNO2S/c11-7-2-1-5(12)3-6(7)9-13-4-8(16-9)10(14)15/h1-4H,(H,14,15). The summed E-state index contributed by atoms with van der Waals surface area (Å²) in [6.45, 7) is 0. The van der Waals surface area contributed by atoms with Crippen molar-refractivity contribution in [2.45, 2.75) is 0 Å². The molecule has 0 atom stereocenters. The van der Waals surface area contributed by atoms with Gasteiger partial charge in [-0.1, -0.05) is 11.6 Å². The summed E-state index contributed by atoms with van der Waals surface area (Å²) in [4.78, 5) is 14.6. The predicted molar refractivity (Wildman–Crippen MR) is 59.5 cm³/mol. The highest BCUT2D eigenvalue weighted by Crippen LogP contribution is 2.31. The number of thiazole rings is 1. The van der Waals surface area contributed by atoms with Crippen molar-refractivity contribution in [1.29, 1.82) is 0 Å². The summed E-state index contributed by atoms with van der Waals surface area (Å²) in [6, 6.07) is 3.87. The summed E-state index contributed by atoms with van der Waals surface area (Å²) in [7, 11) is 0. The van der Waals surface area contributed by atoms with Gasteiger partial charge in [0.2, 0.25) is 0 Å². The number of rotatable bonds is 2. The lowest BCUT2D eigenvalue weighted by Crippen LogP contribution is -1.89. The van der Waals surface area contributed by atoms with Gasteiger partial charge in [-0.25, -0.2) is 14.2 Å². The lowest BCUT2D eigenvalue weighted by atomic mass is 10.2. The maximum Gasteiger partial charge on any atom is 0.347 e. The van der Waals surface area contributed by atoms with Crippen molar-refractivity contribution < 1.29 is 14.3 Å². The maximum absolute atomic E-state index is 13.0. The second-order valence-electron chi connectivity index (χ2n) is 2.96. The number of carboxylic acid groups (broad SMARTS) is 1. The van der Waals surface area contributed by atoms with Gasteiger partial charge in [-0.2, -0.15) is 0 Å². The summed E-state index contributed by atoms with van der Waals surface area (Å²) in [5.41, 5.74) is 0.402. The van der Waals surface area contributed by atoms with E-state index in [4.69, 9.17) is 16.7 Å². The molecule has 0 fully saturated rings. The third-order valence-electron chi connectivity index (χ3n) is 1.88. The van der Waals surface area contributed by atoms with Crippen LogP contribution in [0.25, 0.3) is 10.6 Å². The van der Waals surface area contributed by atoms with Crippen LogP contribution in [0.3, 0.4) is 0 Å². The minimum Gasteiger partial charge on any atom is -0.477 e. The molecule has 1 aromatic carbocycles. The molecule has 0 aliphatic rings. The minimum atomic E-state index is -1.06. The first-order valence-corrected chi connectivity index (χ1v) is 5.42. The molecular weight excluding hydrogens is 253 g/mol. The summed E-state index contributed by atoms with van der Waals surface area (Å²) >= 11 is 6.83. The fraction of sp³-hybridized carbons (Fsp3) is 0. The van der Waals surface area contributed by atoms with E-state index >= 15 is 0 Å². The fourth-order valence-electron chi connectivity index (χ4n) is 1.16. The van der Waals surface area contributed by atoms with Gasteiger partial charge in [0.15, 0.2) is 0 Å². The molecule has 1 N–H and O–H groups in total. The van der Waals surface area contributed by atoms with Gasteiger partial charge in [0.05, 0.1) is 11.2 Å². The molecular formula is C10H5ClFNO2S. The number of benzene rings is 1. The van der Waals surface area contributed by atoms with Crippen LogP contribution in [0.5, 0.6) is 0 Å². The normalized spacial score (nSPS) is 10.4. The fourth-order valence-corrected chi connectivity index (χ4v) is 2.21. The molecule has 6 heteroatoms. The summed E-state index contributed by atoms with van der Waals surface area (Å²) in [5, 5.41) is 9.46. The highest BCUT2D eigenvalue weighted by atomic mass is 35.5. The average Bonchev–Trinajstić information content (AvgIpc) is 2.70. The molecule has 82 valence electrons. The molecule has 0 saturated carbocycles. The van der Waals surface area contributed by atoms with Crippen LogP contribution in [-0.2, 0) is 0 Å². The van der Waals surface area contributed by atoms with Gasteiger partial charge in [0.25, 0.3) is 0 Å². The molecule has 0 amide bonds. The van der Waals surface area contributed by atoms with Crippen LogP contribution in [0.4, 0.5) is 4.39 Å². The van der Waals surface area contributed by atoms with Crippen LogP contribution in [0.15, 0.2) is 24.4 Å². The number of carboxylic acids is 1. The van der Waals surface area contributed by atoms with E-state index in [1.807, 2.05) is 0 Å². The Hall–Kier alpha value is -1.46. The van der Waals surface area contributed by atoms with Gasteiger partial charge in [-0.05, 0) is 18.2 Å². The number of halogens is 2. The molecule has 1 heterocycles. The third-order valence-corrected chi connectivity index (χ3v) is 3.22. The molecule has 16 heavy (non-hydrogen) atoms. The van der Waals surface area contributed by atoms with E-state index in [0.29, 0.717) is 15.6 Å². The predicted octanol–water partition coefficient (Wildman–Crippen LogP) is 3.30. The molecule has 0 bridgehead atoms. The van der Waals surface area contributed by atoms with Gasteiger partial charge in [-0.15, -0.1) is 11.3 Å². The van der Waals surface area contributed by atoms with Crippen LogP contribution >= 0.6 is 22.9 Å². The van der Waals surface area contributed by atoms with Crippen molar-refractivity contribution >= 4 is 28.9 Å². The summed E-state index contributed by atoms with van der Waals surface area (Å²) < 4.78 is 13.0. The van der Waals surface area contributed by atoms with E-state index in [0.717, 1.165) is 11.3 Å². The smallest absolute Gasteiger partial charge is 0.347 e. The summed E-state index contributed by atoms with van der Waals surface area (Å²) in [6.07, 6.45) is 1.23. The van der Waals surface area contributed by atoms with Crippen molar-refractivity contribution in [1.82, 2.24) is 4.98 Å². The van der Waals surface area contributed by atoms with Gasteiger partial charge in [0.1, 0.15) is 15.7 Å². The van der Waals surface area contributed by atoms with Crippen molar-refractivity contribution in [3.8, 4) is 10.6 Å². The molecule has 2 rings (SSSR count). The highest BCUT2D eigenvalue weighted by molar-refractivity contribution is 7.16. The van der Waals surface area contributed by atoms with E-state index in [2.05, 4.69) is 4.98 Å². The first-order chi connectivity index (χ1) is 7.58. The Balaban J connectivity index is 2.50. The second-order valence-corrected chi connectivity index (χ2v) is 4.40. The summed E-state index contributed by atoms with van der Waals surface area (Å²) in [5.74, 6) is -1.50. The Bertz CT molecular complexity index is 556. The van der Waals surface area contributed by atoms with E-state index < -0.39 is 11.8 Å². The maximum atomic E-state index is 13.0. The SMILES string of the molecule is O=C(O)c1cnc(-c2cc(F)ccc2Cl)s1. The zero-order chi connectivity index (χ0) is 11.7. The van der Waals surface area contributed by atoms with E-state index in [-0.39, 0.29) is 4.88 Å². The highest BCUT2D eigenvalue weighted by Gasteiger charge is 2.12. The van der Waals surface area contributed by atoms with Gasteiger partial charge in [-0.3, -0.25) is 0 Å². The molecule has 1 aromatic heterocycles. The van der Waals surface area contributed by atoms with Crippen LogP contribution < -0.4 is 0 Å². The van der Waals surface area contributed by atoms with Crippen molar-refractivity contribution in [2.24, 2.45) is 0 Å². The number of aromatic carboxylic acids is 1. The largest absolute Gasteiger partial charge is 0.477 e. The van der Waals surface area contributed by atoms with Crippen LogP contribution in [0.1, 0.15) is 9.67 Å². The van der Waals surface area contributed by atoms with Crippen molar-refractivity contribution in [2.75, 3.05) is 0 Å². The van der Waals surface area contributed by atoms with Crippen LogP contribution in [-0.4, -0.2) is 16.1 Å². The van der Waals surface area contributed by atoms with E-state index in [9.17, 15) is 9.18 Å². The topological polar surface area (TPSA) is 50.2 Å². The number of hydrogen-bond acceptors (Lipinski definition) is 3. The van der Waals surface area contributed by atoms with Crippen LogP contribution in [0.2, 0.25) is 5.02 Å². The Labute approximate surface area is 99.1 Å². The van der Waals surface area contributed by atoms with Crippen molar-refractivity contribution in [3.05, 3.63) is 40.1 Å². The first kappa shape index (κ1) is 11.0. The lowest BCUT2D eigenvalue weighted by molar-refractivity contribution is 0.0702. The van der Waals surface area contributed by atoms with Gasteiger partial charge >= 0.3 is 5.97 Å². The monoisotopic (exact) mass is 257 g/mol. The molecule has 3 nitrogen and oxygen atoms in total. The van der Waals surface area contributed by atoms with E-state index in [1.165, 1.54) is 24.4 Å². The number of carbonyl (C=O) groups is 1. The van der Waals surface area contributed by atoms with Gasteiger partial charge < -0.3 is 5.11 Å². The van der Waals surface area contributed by atoms with Gasteiger partial charge in [0, 0.05) is 5.56 Å². The minimum absolute atomic E-state index is 0.0929. The number of hydrogen-bond donors (Lipinski definition) is 1. The lowest BCUT2D eigenvalue weighted by Gasteiger charge is -1.99. The number of aromatic nitrogens is 1. The van der Waals surface area contributed by atoms with Crippen molar-refractivity contribution in [3.63, 3.8) is 0 Å². The molecule has 0 saturated heterocycles. The van der Waals surface area contributed by atoms with Crippen LogP contribution in [0, 0.1) is 5.82 Å². The Morgan fingerprint density at radius 2 is 2.25 bits per heavy atom. The zero-order valence-corrected chi connectivity index (χ0v) is 9.35. The molecule has 0 aliphatic carbocycles. The zero-order valence-electron chi connectivity index (χ0n) is 7.78. The quantitative estimate of drug-likeness (QED) is 0.898. The average molecular weight is 258 g/mol. The molecule has 0 spiro atoms. The Morgan fingerprint density at radius 3 is 2.88 bits per heavy atom. The first-order valence-electron chi connectivity index (χ1n) is 4.22. The Kier molecular flexibility index (Phi) is 2.89. The van der Waals surface area contributed by atoms with E-state index in [1.54, 1.807) is 0 Å². The Morgan fingerprint density at radius 1 is 1.50 bits per heavy atom. The molecule has 2 aromatic rings. The third kappa shape index (κ3) is 2.05. The molecule has 0 aliphatic heterocycles. The number of nitrogens with zero attached hydrogens (tertiary/aromatic N) is 1.